The van der Waals surface area contributed by atoms with Crippen molar-refractivity contribution in [3.8, 4) is 0 Å². The van der Waals surface area contributed by atoms with Gasteiger partial charge in [0.25, 0.3) is 0 Å². The molecular formula is C13H18N4S. The monoisotopic (exact) mass is 262 g/mol. The number of nitrogens with one attached hydrogen (secondary N) is 1. The number of aryl methyl sites for hydroxylation is 2. The molecule has 0 radical (unpaired) electrons. The molecule has 96 valence electrons. The van der Waals surface area contributed by atoms with Crippen molar-refractivity contribution in [1.82, 2.24) is 19.9 Å². The summed E-state index contributed by atoms with van der Waals surface area (Å²) in [5.41, 5.74) is 3.07. The van der Waals surface area contributed by atoms with E-state index in [9.17, 15) is 0 Å². The molecule has 0 aliphatic carbocycles. The summed E-state index contributed by atoms with van der Waals surface area (Å²) in [5, 5.41) is 3.55. The molecule has 0 bridgehead atoms. The minimum Gasteiger partial charge on any atom is -0.335 e. The first kappa shape index (κ1) is 11.9. The Hall–Kier alpha value is -1.20. The van der Waals surface area contributed by atoms with Gasteiger partial charge in [0.2, 0.25) is 0 Å². The van der Waals surface area contributed by atoms with Crippen LogP contribution in [0.3, 0.4) is 0 Å². The fraction of sp³-hybridized carbons (Fsp3) is 0.538. The molecule has 4 nitrogen and oxygen atoms in total. The summed E-state index contributed by atoms with van der Waals surface area (Å²) >= 11 is 1.73. The Balaban J connectivity index is 1.57. The van der Waals surface area contributed by atoms with Crippen molar-refractivity contribution in [2.75, 3.05) is 6.54 Å². The predicted octanol–water partition coefficient (Wildman–Crippen LogP) is 2.32. The van der Waals surface area contributed by atoms with Crippen LogP contribution in [0, 0.1) is 6.92 Å². The molecular weight excluding hydrogens is 244 g/mol. The molecule has 0 fully saturated rings. The summed E-state index contributed by atoms with van der Waals surface area (Å²) in [7, 11) is 0. The Bertz CT molecular complexity index is 517. The maximum absolute atomic E-state index is 4.48. The van der Waals surface area contributed by atoms with Crippen LogP contribution >= 0.6 is 11.3 Å². The van der Waals surface area contributed by atoms with Gasteiger partial charge in [-0.05, 0) is 19.8 Å². The first-order valence-corrected chi connectivity index (χ1v) is 7.33. The van der Waals surface area contributed by atoms with Crippen molar-refractivity contribution in [2.24, 2.45) is 0 Å². The van der Waals surface area contributed by atoms with Gasteiger partial charge in [-0.15, -0.1) is 11.3 Å². The standard InChI is InChI=1S/C13H18N4S/c1-10-12(18-9-16-10)8-14-7-11-3-2-5-17-6-4-15-13(11)17/h4,6,9,11,14H,2-3,5,7-8H2,1H3. The van der Waals surface area contributed by atoms with Gasteiger partial charge in [-0.3, -0.25) is 0 Å². The van der Waals surface area contributed by atoms with E-state index in [1.165, 1.54) is 23.5 Å². The summed E-state index contributed by atoms with van der Waals surface area (Å²) in [4.78, 5) is 10.1. The van der Waals surface area contributed by atoms with Crippen LogP contribution in [0.4, 0.5) is 0 Å². The smallest absolute Gasteiger partial charge is 0.113 e. The Morgan fingerprint density at radius 2 is 2.44 bits per heavy atom. The molecule has 0 saturated carbocycles. The Labute approximate surface area is 111 Å². The number of fused-ring (bicyclic) bond motifs is 1. The number of aromatic nitrogens is 3. The van der Waals surface area contributed by atoms with Crippen LogP contribution in [-0.4, -0.2) is 21.1 Å². The molecule has 1 N–H and O–H groups in total. The lowest BCUT2D eigenvalue weighted by molar-refractivity contribution is 0.423. The fourth-order valence-electron chi connectivity index (χ4n) is 2.56. The van der Waals surface area contributed by atoms with E-state index < -0.39 is 0 Å². The van der Waals surface area contributed by atoms with Crippen LogP contribution in [0.15, 0.2) is 17.9 Å². The fourth-order valence-corrected chi connectivity index (χ4v) is 3.30. The normalized spacial score (nSPS) is 18.8. The van der Waals surface area contributed by atoms with E-state index in [-0.39, 0.29) is 0 Å². The van der Waals surface area contributed by atoms with Crippen molar-refractivity contribution >= 4 is 11.3 Å². The largest absolute Gasteiger partial charge is 0.335 e. The van der Waals surface area contributed by atoms with Gasteiger partial charge in [0.15, 0.2) is 0 Å². The van der Waals surface area contributed by atoms with Crippen LogP contribution in [0.5, 0.6) is 0 Å². The van der Waals surface area contributed by atoms with Gasteiger partial charge < -0.3 is 9.88 Å². The van der Waals surface area contributed by atoms with Crippen LogP contribution in [0.2, 0.25) is 0 Å². The number of nitrogens with zero attached hydrogens (tertiary/aromatic N) is 3. The number of rotatable bonds is 4. The van der Waals surface area contributed by atoms with Gasteiger partial charge in [-0.2, -0.15) is 0 Å². The topological polar surface area (TPSA) is 42.7 Å². The molecule has 2 aromatic rings. The Morgan fingerprint density at radius 1 is 1.50 bits per heavy atom. The number of hydrogen-bond donors (Lipinski definition) is 1. The minimum absolute atomic E-state index is 0.557. The summed E-state index contributed by atoms with van der Waals surface area (Å²) in [6.45, 7) is 5.13. The predicted molar refractivity (Wildman–Crippen MR) is 72.8 cm³/mol. The van der Waals surface area contributed by atoms with Crippen molar-refractivity contribution in [2.45, 2.75) is 38.8 Å². The second kappa shape index (κ2) is 5.20. The highest BCUT2D eigenvalue weighted by molar-refractivity contribution is 7.09. The molecule has 0 saturated heterocycles. The summed E-state index contributed by atoms with van der Waals surface area (Å²) < 4.78 is 2.29. The molecule has 0 amide bonds. The van der Waals surface area contributed by atoms with Crippen molar-refractivity contribution < 1.29 is 0 Å². The lowest BCUT2D eigenvalue weighted by Gasteiger charge is -2.23. The van der Waals surface area contributed by atoms with E-state index in [0.717, 1.165) is 25.3 Å². The zero-order chi connectivity index (χ0) is 12.4. The number of hydrogen-bond acceptors (Lipinski definition) is 4. The van der Waals surface area contributed by atoms with E-state index in [4.69, 9.17) is 0 Å². The molecule has 1 atom stereocenters. The van der Waals surface area contributed by atoms with Gasteiger partial charge in [0.05, 0.1) is 11.2 Å². The lowest BCUT2D eigenvalue weighted by Crippen LogP contribution is -2.26. The zero-order valence-electron chi connectivity index (χ0n) is 10.6. The highest BCUT2D eigenvalue weighted by atomic mass is 32.1. The van der Waals surface area contributed by atoms with Gasteiger partial charge in [-0.1, -0.05) is 0 Å². The Morgan fingerprint density at radius 3 is 3.28 bits per heavy atom. The van der Waals surface area contributed by atoms with Crippen LogP contribution < -0.4 is 5.32 Å². The van der Waals surface area contributed by atoms with Crippen LogP contribution in [0.25, 0.3) is 0 Å². The van der Waals surface area contributed by atoms with Crippen molar-refractivity contribution in [3.05, 3.63) is 34.3 Å². The number of imidazole rings is 1. The molecule has 3 heterocycles. The van der Waals surface area contributed by atoms with Crippen molar-refractivity contribution in [1.29, 1.82) is 0 Å². The van der Waals surface area contributed by atoms with Crippen LogP contribution in [0.1, 0.15) is 35.2 Å². The van der Waals surface area contributed by atoms with E-state index in [1.54, 1.807) is 11.3 Å². The first-order chi connectivity index (χ1) is 8.84. The maximum Gasteiger partial charge on any atom is 0.113 e. The second-order valence-corrected chi connectivity index (χ2v) is 5.75. The first-order valence-electron chi connectivity index (χ1n) is 6.45. The minimum atomic E-state index is 0.557. The highest BCUT2D eigenvalue weighted by Crippen LogP contribution is 2.25. The molecule has 18 heavy (non-hydrogen) atoms. The molecule has 2 aromatic heterocycles. The maximum atomic E-state index is 4.48. The van der Waals surface area contributed by atoms with Gasteiger partial charge in [0, 0.05) is 42.8 Å². The highest BCUT2D eigenvalue weighted by Gasteiger charge is 2.20. The average Bonchev–Trinajstić information content (AvgIpc) is 2.99. The second-order valence-electron chi connectivity index (χ2n) is 4.81. The molecule has 0 aromatic carbocycles. The average molecular weight is 262 g/mol. The van der Waals surface area contributed by atoms with E-state index in [0.29, 0.717) is 5.92 Å². The van der Waals surface area contributed by atoms with E-state index in [1.807, 2.05) is 11.7 Å². The van der Waals surface area contributed by atoms with Gasteiger partial charge >= 0.3 is 0 Å². The zero-order valence-corrected chi connectivity index (χ0v) is 11.4. The molecule has 1 aliphatic rings. The Kier molecular flexibility index (Phi) is 3.43. The SMILES string of the molecule is Cc1ncsc1CNCC1CCCn2ccnc21. The quantitative estimate of drug-likeness (QED) is 0.919. The third-order valence-corrected chi connectivity index (χ3v) is 4.52. The molecule has 0 spiro atoms. The van der Waals surface area contributed by atoms with E-state index in [2.05, 4.69) is 33.0 Å². The van der Waals surface area contributed by atoms with Crippen LogP contribution in [-0.2, 0) is 13.1 Å². The molecule has 1 unspecified atom stereocenters. The summed E-state index contributed by atoms with van der Waals surface area (Å²) in [6, 6.07) is 0. The molecule has 5 heteroatoms. The third-order valence-electron chi connectivity index (χ3n) is 3.59. The lowest BCUT2D eigenvalue weighted by atomic mass is 9.99. The summed E-state index contributed by atoms with van der Waals surface area (Å²) in [6.07, 6.45) is 6.51. The number of thiazole rings is 1. The van der Waals surface area contributed by atoms with Gasteiger partial charge in [-0.25, -0.2) is 9.97 Å². The molecule has 3 rings (SSSR count). The third kappa shape index (κ3) is 2.33. The van der Waals surface area contributed by atoms with Crippen molar-refractivity contribution in [3.63, 3.8) is 0 Å². The van der Waals surface area contributed by atoms with Gasteiger partial charge in [0.1, 0.15) is 5.82 Å². The summed E-state index contributed by atoms with van der Waals surface area (Å²) in [5.74, 6) is 1.80. The molecule has 1 aliphatic heterocycles. The van der Waals surface area contributed by atoms with E-state index >= 15 is 0 Å².